The number of aryl methyl sites for hydroxylation is 1. The first kappa shape index (κ1) is 13.2. The van der Waals surface area contributed by atoms with E-state index < -0.39 is 0 Å². The molecular formula is C15H16O4. The minimum absolute atomic E-state index is 0.371. The van der Waals surface area contributed by atoms with Crippen LogP contribution >= 0.6 is 0 Å². The largest absolute Gasteiger partial charge is 0.496 e. The van der Waals surface area contributed by atoms with Gasteiger partial charge < -0.3 is 14.2 Å². The molecule has 0 amide bonds. The van der Waals surface area contributed by atoms with Gasteiger partial charge in [0.2, 0.25) is 0 Å². The smallest absolute Gasteiger partial charge is 0.337 e. The van der Waals surface area contributed by atoms with Gasteiger partial charge in [-0.1, -0.05) is 0 Å². The third-order valence-electron chi connectivity index (χ3n) is 3.08. The molecule has 0 radical (unpaired) electrons. The molecule has 19 heavy (non-hydrogen) atoms. The predicted octanol–water partition coefficient (Wildman–Crippen LogP) is 2.95. The minimum atomic E-state index is -0.371. The van der Waals surface area contributed by atoms with Crippen LogP contribution in [-0.2, 0) is 4.74 Å². The first-order valence-corrected chi connectivity index (χ1v) is 5.86. The second kappa shape index (κ2) is 5.18. The van der Waals surface area contributed by atoms with Crippen molar-refractivity contribution in [1.29, 1.82) is 0 Å². The number of benzene rings is 2. The van der Waals surface area contributed by atoms with Crippen molar-refractivity contribution in [3.8, 4) is 11.5 Å². The fraction of sp³-hybridized carbons (Fsp3) is 0.267. The van der Waals surface area contributed by atoms with E-state index in [-0.39, 0.29) is 5.97 Å². The number of rotatable bonds is 3. The summed E-state index contributed by atoms with van der Waals surface area (Å²) in [4.78, 5) is 11.6. The highest BCUT2D eigenvalue weighted by molar-refractivity contribution is 6.00. The predicted molar refractivity (Wildman–Crippen MR) is 73.1 cm³/mol. The number of hydrogen-bond donors (Lipinski definition) is 0. The molecule has 4 nitrogen and oxygen atoms in total. The molecule has 0 aliphatic heterocycles. The van der Waals surface area contributed by atoms with E-state index in [1.54, 1.807) is 26.4 Å². The van der Waals surface area contributed by atoms with Crippen molar-refractivity contribution in [2.24, 2.45) is 0 Å². The van der Waals surface area contributed by atoms with E-state index >= 15 is 0 Å². The molecule has 0 aromatic heterocycles. The molecule has 0 atom stereocenters. The van der Waals surface area contributed by atoms with Gasteiger partial charge >= 0.3 is 5.97 Å². The summed E-state index contributed by atoms with van der Waals surface area (Å²) < 4.78 is 15.5. The Morgan fingerprint density at radius 1 is 1.00 bits per heavy atom. The average Bonchev–Trinajstić information content (AvgIpc) is 2.44. The quantitative estimate of drug-likeness (QED) is 0.796. The van der Waals surface area contributed by atoms with E-state index in [2.05, 4.69) is 0 Å². The van der Waals surface area contributed by atoms with Crippen molar-refractivity contribution >= 4 is 16.7 Å². The molecule has 100 valence electrons. The Hall–Kier alpha value is -2.23. The third-order valence-corrected chi connectivity index (χ3v) is 3.08. The summed E-state index contributed by atoms with van der Waals surface area (Å²) in [5.41, 5.74) is 1.44. The highest BCUT2D eigenvalue weighted by atomic mass is 16.5. The number of methoxy groups -OCH3 is 3. The second-order valence-corrected chi connectivity index (χ2v) is 4.18. The molecule has 0 N–H and O–H groups in total. The van der Waals surface area contributed by atoms with Gasteiger partial charge in [0.25, 0.3) is 0 Å². The van der Waals surface area contributed by atoms with Crippen molar-refractivity contribution in [2.45, 2.75) is 6.92 Å². The first-order valence-electron chi connectivity index (χ1n) is 5.86. The monoisotopic (exact) mass is 260 g/mol. The van der Waals surface area contributed by atoms with Crippen LogP contribution in [0.4, 0.5) is 0 Å². The zero-order valence-electron chi connectivity index (χ0n) is 11.4. The molecular weight excluding hydrogens is 244 g/mol. The zero-order valence-corrected chi connectivity index (χ0v) is 11.4. The summed E-state index contributed by atoms with van der Waals surface area (Å²) in [5.74, 6) is 1.12. The molecule has 0 saturated carbocycles. The summed E-state index contributed by atoms with van der Waals surface area (Å²) in [6.45, 7) is 1.94. The summed E-state index contributed by atoms with van der Waals surface area (Å²) in [6, 6.07) is 7.22. The van der Waals surface area contributed by atoms with Gasteiger partial charge in [-0.2, -0.15) is 0 Å². The van der Waals surface area contributed by atoms with Gasteiger partial charge in [0.1, 0.15) is 11.5 Å². The van der Waals surface area contributed by atoms with E-state index in [9.17, 15) is 4.79 Å². The van der Waals surface area contributed by atoms with Crippen LogP contribution < -0.4 is 9.47 Å². The van der Waals surface area contributed by atoms with Gasteiger partial charge in [0, 0.05) is 10.8 Å². The van der Waals surface area contributed by atoms with E-state index in [0.717, 1.165) is 27.8 Å². The molecule has 0 unspecified atom stereocenters. The lowest BCUT2D eigenvalue weighted by atomic mass is 10.0. The minimum Gasteiger partial charge on any atom is -0.496 e. The molecule has 0 heterocycles. The van der Waals surface area contributed by atoms with Gasteiger partial charge in [0.15, 0.2) is 0 Å². The first-order chi connectivity index (χ1) is 9.12. The molecule has 2 aromatic carbocycles. The Kier molecular flexibility index (Phi) is 3.60. The summed E-state index contributed by atoms with van der Waals surface area (Å²) in [6.07, 6.45) is 0. The van der Waals surface area contributed by atoms with Crippen LogP contribution in [0.15, 0.2) is 24.3 Å². The molecule has 2 rings (SSSR count). The molecule has 0 saturated heterocycles. The Balaban J connectivity index is 2.78. The van der Waals surface area contributed by atoms with Crippen LogP contribution in [0.1, 0.15) is 15.9 Å². The van der Waals surface area contributed by atoms with E-state index in [1.807, 2.05) is 19.1 Å². The van der Waals surface area contributed by atoms with Crippen LogP contribution in [0.5, 0.6) is 11.5 Å². The van der Waals surface area contributed by atoms with Crippen LogP contribution in [0.25, 0.3) is 10.8 Å². The number of hydrogen-bond acceptors (Lipinski definition) is 4. The molecule has 0 bridgehead atoms. The van der Waals surface area contributed by atoms with E-state index in [1.165, 1.54) is 7.11 Å². The Labute approximate surface area is 111 Å². The van der Waals surface area contributed by atoms with Gasteiger partial charge in [-0.15, -0.1) is 0 Å². The fourth-order valence-corrected chi connectivity index (χ4v) is 2.18. The Morgan fingerprint density at radius 3 is 2.32 bits per heavy atom. The average molecular weight is 260 g/mol. The topological polar surface area (TPSA) is 44.8 Å². The maximum atomic E-state index is 11.6. The molecule has 2 aromatic rings. The summed E-state index contributed by atoms with van der Waals surface area (Å²) >= 11 is 0. The lowest BCUT2D eigenvalue weighted by molar-refractivity contribution is 0.0601. The van der Waals surface area contributed by atoms with Crippen molar-refractivity contribution in [2.75, 3.05) is 21.3 Å². The van der Waals surface area contributed by atoms with Crippen LogP contribution in [0.2, 0.25) is 0 Å². The van der Waals surface area contributed by atoms with E-state index in [0.29, 0.717) is 5.56 Å². The maximum Gasteiger partial charge on any atom is 0.337 e. The second-order valence-electron chi connectivity index (χ2n) is 4.18. The third kappa shape index (κ3) is 2.21. The summed E-state index contributed by atoms with van der Waals surface area (Å²) in [7, 11) is 4.59. The number of ether oxygens (including phenoxy) is 3. The molecule has 4 heteroatoms. The summed E-state index contributed by atoms with van der Waals surface area (Å²) in [5, 5.41) is 1.74. The van der Waals surface area contributed by atoms with Crippen molar-refractivity contribution in [1.82, 2.24) is 0 Å². The van der Waals surface area contributed by atoms with Crippen molar-refractivity contribution in [3.05, 3.63) is 35.4 Å². The van der Waals surface area contributed by atoms with Gasteiger partial charge in [0.05, 0.1) is 26.9 Å². The van der Waals surface area contributed by atoms with Crippen molar-refractivity contribution in [3.63, 3.8) is 0 Å². The normalized spacial score (nSPS) is 10.3. The highest BCUT2D eigenvalue weighted by Gasteiger charge is 2.14. The van der Waals surface area contributed by atoms with E-state index in [4.69, 9.17) is 14.2 Å². The lowest BCUT2D eigenvalue weighted by Crippen LogP contribution is -2.01. The number of carbonyl (C=O) groups excluding carboxylic acids is 1. The molecule has 0 aliphatic rings. The highest BCUT2D eigenvalue weighted by Crippen LogP contribution is 2.36. The van der Waals surface area contributed by atoms with Crippen LogP contribution in [0, 0.1) is 6.92 Å². The number of fused-ring (bicyclic) bond motifs is 1. The SMILES string of the molecule is COC(=O)c1ccc2c(OC)cc(C)c(OC)c2c1. The number of carbonyl (C=O) groups is 1. The molecule has 0 aliphatic carbocycles. The Morgan fingerprint density at radius 2 is 1.74 bits per heavy atom. The maximum absolute atomic E-state index is 11.6. The zero-order chi connectivity index (χ0) is 14.0. The van der Waals surface area contributed by atoms with Crippen molar-refractivity contribution < 1.29 is 19.0 Å². The van der Waals surface area contributed by atoms with Gasteiger partial charge in [-0.05, 0) is 36.8 Å². The molecule has 0 spiro atoms. The fourth-order valence-electron chi connectivity index (χ4n) is 2.18. The lowest BCUT2D eigenvalue weighted by Gasteiger charge is -2.13. The Bertz CT molecular complexity index is 632. The number of esters is 1. The van der Waals surface area contributed by atoms with Crippen LogP contribution in [-0.4, -0.2) is 27.3 Å². The molecule has 0 fully saturated rings. The van der Waals surface area contributed by atoms with Gasteiger partial charge in [-0.25, -0.2) is 4.79 Å². The van der Waals surface area contributed by atoms with Gasteiger partial charge in [-0.3, -0.25) is 0 Å². The van der Waals surface area contributed by atoms with Crippen LogP contribution in [0.3, 0.4) is 0 Å². The standard InChI is InChI=1S/C15H16O4/c1-9-7-13(17-2)11-6-5-10(15(16)19-4)8-12(11)14(9)18-3/h5-8H,1-4H3.